The van der Waals surface area contributed by atoms with Gasteiger partial charge in [-0.15, -0.1) is 0 Å². The van der Waals surface area contributed by atoms with E-state index in [-0.39, 0.29) is 17.4 Å². The molecule has 3 unspecified atom stereocenters. The van der Waals surface area contributed by atoms with E-state index in [1.54, 1.807) is 0 Å². The molecule has 2 aliphatic heterocycles. The number of hydrogen-bond acceptors (Lipinski definition) is 4. The minimum atomic E-state index is -0.915. The highest BCUT2D eigenvalue weighted by Crippen LogP contribution is 2.31. The minimum absolute atomic E-state index is 0.0757. The molecule has 2 fully saturated rings. The van der Waals surface area contributed by atoms with Gasteiger partial charge in [-0.05, 0) is 32.2 Å². The van der Waals surface area contributed by atoms with Crippen LogP contribution in [0.3, 0.4) is 0 Å². The highest BCUT2D eigenvalue weighted by Gasteiger charge is 2.40. The zero-order valence-corrected chi connectivity index (χ0v) is 12.0. The summed E-state index contributed by atoms with van der Waals surface area (Å²) in [7, 11) is 0. The number of ether oxygens (including phenoxy) is 1. The Morgan fingerprint density at radius 2 is 2.25 bits per heavy atom. The van der Waals surface area contributed by atoms with Crippen molar-refractivity contribution < 1.29 is 19.4 Å². The Bertz CT molecular complexity index is 366. The lowest BCUT2D eigenvalue weighted by Crippen LogP contribution is -2.45. The summed E-state index contributed by atoms with van der Waals surface area (Å²) in [4.78, 5) is 23.2. The van der Waals surface area contributed by atoms with Crippen LogP contribution in [0.5, 0.6) is 0 Å². The smallest absolute Gasteiger partial charge is 0.332 e. The number of nitrogens with one attached hydrogen (secondary N) is 2. The third-order valence-electron chi connectivity index (χ3n) is 4.33. The Balaban J connectivity index is 1.81. The van der Waals surface area contributed by atoms with E-state index in [4.69, 9.17) is 9.84 Å². The molecule has 3 atom stereocenters. The van der Waals surface area contributed by atoms with Crippen LogP contribution in [0.25, 0.3) is 0 Å². The maximum absolute atomic E-state index is 12.4. The Morgan fingerprint density at radius 3 is 2.80 bits per heavy atom. The van der Waals surface area contributed by atoms with Gasteiger partial charge < -0.3 is 20.5 Å². The van der Waals surface area contributed by atoms with E-state index >= 15 is 0 Å². The van der Waals surface area contributed by atoms with Crippen molar-refractivity contribution in [3.63, 3.8) is 0 Å². The summed E-state index contributed by atoms with van der Waals surface area (Å²) in [5.74, 6) is -0.840. The molecule has 0 aromatic rings. The zero-order valence-electron chi connectivity index (χ0n) is 12.0. The van der Waals surface area contributed by atoms with Gasteiger partial charge in [0.2, 0.25) is 5.91 Å². The van der Waals surface area contributed by atoms with E-state index in [9.17, 15) is 9.59 Å². The summed E-state index contributed by atoms with van der Waals surface area (Å²) in [6, 6.07) is 0. The fourth-order valence-corrected chi connectivity index (χ4v) is 3.17. The molecule has 2 rings (SSSR count). The number of carbonyl (C=O) groups excluding carboxylic acids is 1. The molecule has 0 aromatic heterocycles. The SMILES string of the molecule is CCCC1(C(=O)NCC2CCC(C(=O)O)O2)CCNC1. The van der Waals surface area contributed by atoms with Crippen molar-refractivity contribution in [2.45, 2.75) is 51.2 Å². The molecule has 0 saturated carbocycles. The molecule has 6 nitrogen and oxygen atoms in total. The van der Waals surface area contributed by atoms with Crippen molar-refractivity contribution in [2.75, 3.05) is 19.6 Å². The standard InChI is InChI=1S/C14H24N2O4/c1-2-5-14(6-7-15-9-14)13(19)16-8-10-3-4-11(20-10)12(17)18/h10-11,15H,2-9H2,1H3,(H,16,19)(H,17,18). The van der Waals surface area contributed by atoms with Crippen LogP contribution in [0, 0.1) is 5.41 Å². The molecule has 0 radical (unpaired) electrons. The molecule has 3 N–H and O–H groups in total. The lowest BCUT2D eigenvalue weighted by Gasteiger charge is -2.27. The maximum Gasteiger partial charge on any atom is 0.332 e. The molecule has 2 heterocycles. The number of carbonyl (C=O) groups is 2. The Kier molecular flexibility index (Phi) is 4.99. The monoisotopic (exact) mass is 284 g/mol. The van der Waals surface area contributed by atoms with Gasteiger partial charge in [-0.1, -0.05) is 13.3 Å². The summed E-state index contributed by atoms with van der Waals surface area (Å²) in [5, 5.41) is 15.1. The Labute approximate surface area is 119 Å². The Morgan fingerprint density at radius 1 is 1.45 bits per heavy atom. The van der Waals surface area contributed by atoms with E-state index in [1.807, 2.05) is 0 Å². The highest BCUT2D eigenvalue weighted by molar-refractivity contribution is 5.83. The summed E-state index contributed by atoms with van der Waals surface area (Å²) in [6.45, 7) is 4.11. The summed E-state index contributed by atoms with van der Waals surface area (Å²) >= 11 is 0. The van der Waals surface area contributed by atoms with Crippen LogP contribution in [-0.2, 0) is 14.3 Å². The molecule has 2 aliphatic rings. The number of carboxylic acid groups (broad SMARTS) is 1. The summed E-state index contributed by atoms with van der Waals surface area (Å²) < 4.78 is 5.40. The van der Waals surface area contributed by atoms with Gasteiger partial charge in [-0.2, -0.15) is 0 Å². The van der Waals surface area contributed by atoms with E-state index in [0.29, 0.717) is 19.4 Å². The van der Waals surface area contributed by atoms with Crippen LogP contribution < -0.4 is 10.6 Å². The van der Waals surface area contributed by atoms with E-state index < -0.39 is 12.1 Å². The van der Waals surface area contributed by atoms with Crippen LogP contribution in [0.15, 0.2) is 0 Å². The number of carboxylic acids is 1. The highest BCUT2D eigenvalue weighted by atomic mass is 16.5. The molecule has 0 spiro atoms. The molecular formula is C14H24N2O4. The quantitative estimate of drug-likeness (QED) is 0.661. The molecule has 0 aliphatic carbocycles. The van der Waals surface area contributed by atoms with Crippen molar-refractivity contribution in [2.24, 2.45) is 5.41 Å². The normalized spacial score (nSPS) is 33.2. The number of amides is 1. The second-order valence-electron chi connectivity index (χ2n) is 5.83. The van der Waals surface area contributed by atoms with Crippen molar-refractivity contribution in [3.8, 4) is 0 Å². The van der Waals surface area contributed by atoms with Gasteiger partial charge in [0.1, 0.15) is 0 Å². The van der Waals surface area contributed by atoms with Crippen LogP contribution in [-0.4, -0.2) is 48.8 Å². The topological polar surface area (TPSA) is 87.7 Å². The molecule has 0 aromatic carbocycles. The molecule has 0 bridgehead atoms. The first kappa shape index (κ1) is 15.3. The second kappa shape index (κ2) is 6.54. The van der Waals surface area contributed by atoms with Crippen LogP contribution in [0.4, 0.5) is 0 Å². The molecule has 6 heteroatoms. The molecule has 2 saturated heterocycles. The van der Waals surface area contributed by atoms with Crippen molar-refractivity contribution >= 4 is 11.9 Å². The first-order valence-electron chi connectivity index (χ1n) is 7.45. The number of hydrogen-bond donors (Lipinski definition) is 3. The largest absolute Gasteiger partial charge is 0.479 e. The van der Waals surface area contributed by atoms with Crippen LogP contribution in [0.1, 0.15) is 39.0 Å². The average Bonchev–Trinajstić information content (AvgIpc) is 3.06. The minimum Gasteiger partial charge on any atom is -0.479 e. The van der Waals surface area contributed by atoms with Crippen LogP contribution in [0.2, 0.25) is 0 Å². The van der Waals surface area contributed by atoms with Gasteiger partial charge in [-0.25, -0.2) is 4.79 Å². The van der Waals surface area contributed by atoms with Crippen LogP contribution >= 0.6 is 0 Å². The maximum atomic E-state index is 12.4. The van der Waals surface area contributed by atoms with Gasteiger partial charge in [0, 0.05) is 13.1 Å². The lowest BCUT2D eigenvalue weighted by molar-refractivity contribution is -0.149. The van der Waals surface area contributed by atoms with E-state index in [1.165, 1.54) is 0 Å². The predicted octanol–water partition coefficient (Wildman–Crippen LogP) is 0.515. The Hall–Kier alpha value is -1.14. The summed E-state index contributed by atoms with van der Waals surface area (Å²) in [5.41, 5.74) is -0.292. The first-order chi connectivity index (χ1) is 9.57. The van der Waals surface area contributed by atoms with Gasteiger partial charge >= 0.3 is 5.97 Å². The average molecular weight is 284 g/mol. The van der Waals surface area contributed by atoms with Crippen molar-refractivity contribution in [1.29, 1.82) is 0 Å². The van der Waals surface area contributed by atoms with E-state index in [0.717, 1.165) is 32.4 Å². The van der Waals surface area contributed by atoms with Gasteiger partial charge in [0.05, 0.1) is 11.5 Å². The summed E-state index contributed by atoms with van der Waals surface area (Å²) in [6.07, 6.45) is 3.07. The van der Waals surface area contributed by atoms with Gasteiger partial charge in [0.15, 0.2) is 6.10 Å². The van der Waals surface area contributed by atoms with Crippen molar-refractivity contribution in [1.82, 2.24) is 10.6 Å². The van der Waals surface area contributed by atoms with Gasteiger partial charge in [0.25, 0.3) is 0 Å². The fourth-order valence-electron chi connectivity index (χ4n) is 3.17. The first-order valence-corrected chi connectivity index (χ1v) is 7.45. The molecule has 114 valence electrons. The lowest BCUT2D eigenvalue weighted by atomic mass is 9.81. The fraction of sp³-hybridized carbons (Fsp3) is 0.857. The molecule has 1 amide bonds. The third-order valence-corrected chi connectivity index (χ3v) is 4.33. The van der Waals surface area contributed by atoms with Crippen molar-refractivity contribution in [3.05, 3.63) is 0 Å². The number of aliphatic carboxylic acids is 1. The molecular weight excluding hydrogens is 260 g/mol. The predicted molar refractivity (Wildman–Crippen MR) is 73.4 cm³/mol. The number of rotatable bonds is 6. The van der Waals surface area contributed by atoms with E-state index in [2.05, 4.69) is 17.6 Å². The van der Waals surface area contributed by atoms with Gasteiger partial charge in [-0.3, -0.25) is 4.79 Å². The zero-order chi connectivity index (χ0) is 14.6. The second-order valence-corrected chi connectivity index (χ2v) is 5.83. The third kappa shape index (κ3) is 3.30. The molecule has 20 heavy (non-hydrogen) atoms.